The van der Waals surface area contributed by atoms with Gasteiger partial charge in [0.1, 0.15) is 5.82 Å². The number of aromatic nitrogens is 2. The molecule has 0 aliphatic heterocycles. The molecule has 0 bridgehead atoms. The summed E-state index contributed by atoms with van der Waals surface area (Å²) in [5, 5.41) is 10.9. The van der Waals surface area contributed by atoms with Gasteiger partial charge in [0.25, 0.3) is 6.43 Å². The van der Waals surface area contributed by atoms with Crippen LogP contribution in [-0.2, 0) is 0 Å². The monoisotopic (exact) mass is 223 g/mol. The Morgan fingerprint density at radius 1 is 1.57 bits per heavy atom. The molecule has 14 heavy (non-hydrogen) atoms. The summed E-state index contributed by atoms with van der Waals surface area (Å²) in [7, 11) is 0. The number of halogens is 3. The van der Waals surface area contributed by atoms with Crippen LogP contribution in [0, 0.1) is 0 Å². The highest BCUT2D eigenvalue weighted by Gasteiger charge is 2.15. The second-order valence-electron chi connectivity index (χ2n) is 2.39. The molecule has 0 fully saturated rings. The van der Waals surface area contributed by atoms with Gasteiger partial charge < -0.3 is 10.4 Å². The molecule has 0 aliphatic rings. The second-order valence-corrected chi connectivity index (χ2v) is 2.73. The Labute approximate surface area is 83.9 Å². The summed E-state index contributed by atoms with van der Waals surface area (Å²) in [6, 6.07) is 0. The summed E-state index contributed by atoms with van der Waals surface area (Å²) in [4.78, 5) is 7.02. The fourth-order valence-electron chi connectivity index (χ4n) is 0.845. The smallest absolute Gasteiger partial charge is 0.268 e. The van der Waals surface area contributed by atoms with Gasteiger partial charge in [-0.15, -0.1) is 0 Å². The van der Waals surface area contributed by atoms with Gasteiger partial charge >= 0.3 is 0 Å². The van der Waals surface area contributed by atoms with Crippen molar-refractivity contribution in [3.05, 3.63) is 17.0 Å². The minimum absolute atomic E-state index is 0.0472. The molecular formula is C7H8ClF2N3O. The van der Waals surface area contributed by atoms with E-state index < -0.39 is 6.43 Å². The molecular weight excluding hydrogens is 216 g/mol. The molecule has 0 aromatic carbocycles. The third-order valence-corrected chi connectivity index (χ3v) is 1.61. The number of nitrogens with one attached hydrogen (secondary N) is 1. The van der Waals surface area contributed by atoms with Crippen molar-refractivity contribution in [1.29, 1.82) is 0 Å². The third kappa shape index (κ3) is 2.74. The van der Waals surface area contributed by atoms with Crippen molar-refractivity contribution in [2.75, 3.05) is 18.5 Å². The Hall–Kier alpha value is -1.01. The van der Waals surface area contributed by atoms with Crippen LogP contribution in [0.4, 0.5) is 14.6 Å². The van der Waals surface area contributed by atoms with Crippen LogP contribution in [0.15, 0.2) is 6.20 Å². The van der Waals surface area contributed by atoms with Crippen molar-refractivity contribution in [2.24, 2.45) is 0 Å². The van der Waals surface area contributed by atoms with Crippen LogP contribution in [0.5, 0.6) is 0 Å². The zero-order chi connectivity index (χ0) is 10.6. The van der Waals surface area contributed by atoms with Gasteiger partial charge in [-0.25, -0.2) is 18.7 Å². The SMILES string of the molecule is OCCNc1nc(Cl)ncc1C(F)F. The molecule has 1 heterocycles. The summed E-state index contributed by atoms with van der Waals surface area (Å²) in [5.74, 6) is -0.0472. The Morgan fingerprint density at radius 2 is 2.29 bits per heavy atom. The number of hydrogen-bond acceptors (Lipinski definition) is 4. The molecule has 4 nitrogen and oxygen atoms in total. The van der Waals surface area contributed by atoms with Gasteiger partial charge in [0, 0.05) is 12.7 Å². The van der Waals surface area contributed by atoms with E-state index in [2.05, 4.69) is 15.3 Å². The average Bonchev–Trinajstić information content (AvgIpc) is 2.14. The van der Waals surface area contributed by atoms with Crippen LogP contribution in [0.2, 0.25) is 5.28 Å². The molecule has 0 aliphatic carbocycles. The zero-order valence-electron chi connectivity index (χ0n) is 7.04. The number of anilines is 1. The maximum Gasteiger partial charge on any atom is 0.268 e. The molecule has 0 radical (unpaired) electrons. The highest BCUT2D eigenvalue weighted by molar-refractivity contribution is 6.28. The van der Waals surface area contributed by atoms with Crippen LogP contribution in [0.3, 0.4) is 0 Å². The first-order chi connectivity index (χ1) is 6.65. The molecule has 0 amide bonds. The second kappa shape index (κ2) is 5.02. The predicted molar refractivity (Wildman–Crippen MR) is 47.6 cm³/mol. The van der Waals surface area contributed by atoms with Crippen molar-refractivity contribution in [3.63, 3.8) is 0 Å². The van der Waals surface area contributed by atoms with Gasteiger partial charge in [0.05, 0.1) is 12.2 Å². The molecule has 0 atom stereocenters. The number of alkyl halides is 2. The number of aliphatic hydroxyl groups is 1. The summed E-state index contributed by atoms with van der Waals surface area (Å²) in [5.41, 5.74) is -0.331. The van der Waals surface area contributed by atoms with Gasteiger partial charge in [-0.05, 0) is 11.6 Å². The van der Waals surface area contributed by atoms with Crippen LogP contribution in [-0.4, -0.2) is 28.2 Å². The molecule has 2 N–H and O–H groups in total. The maximum atomic E-state index is 12.4. The van der Waals surface area contributed by atoms with E-state index >= 15 is 0 Å². The Morgan fingerprint density at radius 3 is 2.86 bits per heavy atom. The lowest BCUT2D eigenvalue weighted by Crippen LogP contribution is -2.10. The fraction of sp³-hybridized carbons (Fsp3) is 0.429. The van der Waals surface area contributed by atoms with E-state index in [1.165, 1.54) is 0 Å². The summed E-state index contributed by atoms with van der Waals surface area (Å²) >= 11 is 5.43. The first-order valence-electron chi connectivity index (χ1n) is 3.80. The van der Waals surface area contributed by atoms with Gasteiger partial charge in [-0.3, -0.25) is 0 Å². The zero-order valence-corrected chi connectivity index (χ0v) is 7.80. The predicted octanol–water partition coefficient (Wildman–Crippen LogP) is 1.47. The minimum atomic E-state index is -2.67. The van der Waals surface area contributed by atoms with E-state index in [0.29, 0.717) is 0 Å². The highest BCUT2D eigenvalue weighted by atomic mass is 35.5. The van der Waals surface area contributed by atoms with Gasteiger partial charge in [0.2, 0.25) is 5.28 Å². The largest absolute Gasteiger partial charge is 0.395 e. The van der Waals surface area contributed by atoms with E-state index in [-0.39, 0.29) is 29.8 Å². The number of hydrogen-bond donors (Lipinski definition) is 2. The molecule has 0 saturated carbocycles. The molecule has 7 heteroatoms. The van der Waals surface area contributed by atoms with Gasteiger partial charge in [-0.2, -0.15) is 0 Å². The first-order valence-corrected chi connectivity index (χ1v) is 4.18. The van der Waals surface area contributed by atoms with Crippen molar-refractivity contribution < 1.29 is 13.9 Å². The quantitative estimate of drug-likeness (QED) is 0.759. The molecule has 1 aromatic rings. The van der Waals surface area contributed by atoms with Gasteiger partial charge in [0.15, 0.2) is 0 Å². The molecule has 1 rings (SSSR count). The highest BCUT2D eigenvalue weighted by Crippen LogP contribution is 2.25. The fourth-order valence-corrected chi connectivity index (χ4v) is 0.979. The molecule has 0 unspecified atom stereocenters. The molecule has 0 saturated heterocycles. The molecule has 0 spiro atoms. The van der Waals surface area contributed by atoms with Crippen LogP contribution < -0.4 is 5.32 Å². The number of rotatable bonds is 4. The summed E-state index contributed by atoms with van der Waals surface area (Å²) in [6.07, 6.45) is -1.71. The summed E-state index contributed by atoms with van der Waals surface area (Å²) < 4.78 is 24.7. The number of nitrogens with zero attached hydrogens (tertiary/aromatic N) is 2. The van der Waals surface area contributed by atoms with E-state index in [9.17, 15) is 8.78 Å². The van der Waals surface area contributed by atoms with Crippen LogP contribution in [0.25, 0.3) is 0 Å². The Balaban J connectivity index is 2.91. The van der Waals surface area contributed by atoms with E-state index in [1.807, 2.05) is 0 Å². The lowest BCUT2D eigenvalue weighted by atomic mass is 10.3. The van der Waals surface area contributed by atoms with Crippen molar-refractivity contribution in [2.45, 2.75) is 6.43 Å². The summed E-state index contributed by atoms with van der Waals surface area (Å²) in [6.45, 7) is -0.0443. The molecule has 1 aromatic heterocycles. The normalized spacial score (nSPS) is 10.6. The molecule has 78 valence electrons. The van der Waals surface area contributed by atoms with Gasteiger partial charge in [-0.1, -0.05) is 0 Å². The average molecular weight is 224 g/mol. The van der Waals surface area contributed by atoms with E-state index in [4.69, 9.17) is 16.7 Å². The van der Waals surface area contributed by atoms with Crippen LogP contribution in [0.1, 0.15) is 12.0 Å². The minimum Gasteiger partial charge on any atom is -0.395 e. The lowest BCUT2D eigenvalue weighted by molar-refractivity contribution is 0.151. The lowest BCUT2D eigenvalue weighted by Gasteiger charge is -2.08. The Kier molecular flexibility index (Phi) is 3.97. The van der Waals surface area contributed by atoms with Crippen LogP contribution >= 0.6 is 11.6 Å². The van der Waals surface area contributed by atoms with Crippen molar-refractivity contribution in [3.8, 4) is 0 Å². The maximum absolute atomic E-state index is 12.4. The Bertz CT molecular complexity index is 311. The van der Waals surface area contributed by atoms with Crippen molar-refractivity contribution >= 4 is 17.4 Å². The topological polar surface area (TPSA) is 58.0 Å². The standard InChI is InChI=1S/C7H8ClF2N3O/c8-7-12-3-4(5(9)10)6(13-7)11-1-2-14/h3,5,14H,1-2H2,(H,11,12,13). The van der Waals surface area contributed by atoms with Crippen molar-refractivity contribution in [1.82, 2.24) is 9.97 Å². The van der Waals surface area contributed by atoms with E-state index in [0.717, 1.165) is 6.20 Å². The number of aliphatic hydroxyl groups excluding tert-OH is 1. The third-order valence-electron chi connectivity index (χ3n) is 1.43. The first kappa shape index (κ1) is 11.1. The van der Waals surface area contributed by atoms with E-state index in [1.54, 1.807) is 0 Å².